The van der Waals surface area contributed by atoms with Crippen molar-refractivity contribution in [3.63, 3.8) is 0 Å². The molecule has 0 spiro atoms. The standard InChI is InChI=1S/C16H21N3O4/c1-21-10-14-19-12-9-11(3-4-13(12)23-14)18-15(20)16(22-2)5-7-17-8-6-16/h3-4,9,17H,5-8,10H2,1-2H3,(H,18,20). The molecule has 0 unspecified atom stereocenters. The molecule has 0 saturated carbocycles. The third kappa shape index (κ3) is 3.21. The summed E-state index contributed by atoms with van der Waals surface area (Å²) in [5.41, 5.74) is 1.25. The minimum atomic E-state index is -0.773. The monoisotopic (exact) mass is 319 g/mol. The molecular weight excluding hydrogens is 298 g/mol. The molecule has 0 aliphatic carbocycles. The summed E-state index contributed by atoms with van der Waals surface area (Å²) < 4.78 is 16.1. The smallest absolute Gasteiger partial charge is 0.256 e. The van der Waals surface area contributed by atoms with Crippen LogP contribution in [0.4, 0.5) is 5.69 Å². The molecule has 3 rings (SSSR count). The van der Waals surface area contributed by atoms with Crippen LogP contribution in [0, 0.1) is 0 Å². The van der Waals surface area contributed by atoms with E-state index in [-0.39, 0.29) is 5.91 Å². The van der Waals surface area contributed by atoms with Crippen LogP contribution in [0.1, 0.15) is 18.7 Å². The Morgan fingerprint density at radius 1 is 1.39 bits per heavy atom. The van der Waals surface area contributed by atoms with Gasteiger partial charge in [0.25, 0.3) is 5.91 Å². The summed E-state index contributed by atoms with van der Waals surface area (Å²) in [7, 11) is 3.17. The molecule has 7 nitrogen and oxygen atoms in total. The Morgan fingerprint density at radius 3 is 2.87 bits per heavy atom. The fraction of sp³-hybridized carbons (Fsp3) is 0.500. The van der Waals surface area contributed by atoms with Crippen molar-refractivity contribution in [2.45, 2.75) is 25.0 Å². The number of nitrogens with one attached hydrogen (secondary N) is 2. The van der Waals surface area contributed by atoms with Gasteiger partial charge in [0.05, 0.1) is 0 Å². The first-order chi connectivity index (χ1) is 11.2. The Morgan fingerprint density at radius 2 is 2.17 bits per heavy atom. The number of amides is 1. The molecule has 1 fully saturated rings. The van der Waals surface area contributed by atoms with Crippen molar-refractivity contribution in [3.8, 4) is 0 Å². The number of fused-ring (bicyclic) bond motifs is 1. The zero-order valence-corrected chi connectivity index (χ0v) is 13.3. The lowest BCUT2D eigenvalue weighted by atomic mass is 9.91. The molecule has 1 aliphatic rings. The first kappa shape index (κ1) is 15.9. The molecule has 0 radical (unpaired) electrons. The molecule has 7 heteroatoms. The zero-order valence-electron chi connectivity index (χ0n) is 13.3. The van der Waals surface area contributed by atoms with E-state index in [2.05, 4.69) is 15.6 Å². The minimum Gasteiger partial charge on any atom is -0.438 e. The molecule has 2 aromatic rings. The van der Waals surface area contributed by atoms with Gasteiger partial charge in [0, 0.05) is 19.9 Å². The van der Waals surface area contributed by atoms with Gasteiger partial charge in [-0.3, -0.25) is 4.79 Å². The van der Waals surface area contributed by atoms with E-state index in [0.29, 0.717) is 42.1 Å². The SMILES string of the molecule is COCc1nc2cc(NC(=O)C3(OC)CCNCC3)ccc2o1. The van der Waals surface area contributed by atoms with Gasteiger partial charge in [0.15, 0.2) is 5.58 Å². The van der Waals surface area contributed by atoms with E-state index in [1.165, 1.54) is 0 Å². The van der Waals surface area contributed by atoms with Gasteiger partial charge in [0.1, 0.15) is 17.7 Å². The number of methoxy groups -OCH3 is 2. The number of carbonyl (C=O) groups excluding carboxylic acids is 1. The van der Waals surface area contributed by atoms with Gasteiger partial charge in [0.2, 0.25) is 5.89 Å². The van der Waals surface area contributed by atoms with Crippen LogP contribution in [0.25, 0.3) is 11.1 Å². The zero-order chi connectivity index (χ0) is 16.3. The minimum absolute atomic E-state index is 0.124. The van der Waals surface area contributed by atoms with Gasteiger partial charge in [-0.15, -0.1) is 0 Å². The van der Waals surface area contributed by atoms with Crippen molar-refractivity contribution >= 4 is 22.7 Å². The molecule has 2 heterocycles. The van der Waals surface area contributed by atoms with E-state index >= 15 is 0 Å². The number of ether oxygens (including phenoxy) is 2. The maximum atomic E-state index is 12.6. The number of hydrogen-bond donors (Lipinski definition) is 2. The number of rotatable bonds is 5. The van der Waals surface area contributed by atoms with Crippen molar-refractivity contribution in [1.82, 2.24) is 10.3 Å². The number of hydrogen-bond acceptors (Lipinski definition) is 6. The van der Waals surface area contributed by atoms with E-state index < -0.39 is 5.60 Å². The maximum Gasteiger partial charge on any atom is 0.256 e. The summed E-state index contributed by atoms with van der Waals surface area (Å²) >= 11 is 0. The predicted molar refractivity (Wildman–Crippen MR) is 85.2 cm³/mol. The van der Waals surface area contributed by atoms with Crippen LogP contribution in [-0.4, -0.2) is 43.8 Å². The van der Waals surface area contributed by atoms with E-state index in [1.807, 2.05) is 0 Å². The second-order valence-electron chi connectivity index (χ2n) is 5.63. The summed E-state index contributed by atoms with van der Waals surface area (Å²) in [6, 6.07) is 5.38. The van der Waals surface area contributed by atoms with Crippen molar-refractivity contribution in [2.24, 2.45) is 0 Å². The second-order valence-corrected chi connectivity index (χ2v) is 5.63. The summed E-state index contributed by atoms with van der Waals surface area (Å²) in [6.45, 7) is 1.85. The molecule has 1 aliphatic heterocycles. The largest absolute Gasteiger partial charge is 0.438 e. The summed E-state index contributed by atoms with van der Waals surface area (Å²) in [5.74, 6) is 0.388. The topological polar surface area (TPSA) is 85.6 Å². The van der Waals surface area contributed by atoms with E-state index in [4.69, 9.17) is 13.9 Å². The Hall–Kier alpha value is -1.96. The second kappa shape index (κ2) is 6.66. The number of benzene rings is 1. The Labute approximate surface area is 134 Å². The first-order valence-corrected chi connectivity index (χ1v) is 7.62. The highest BCUT2D eigenvalue weighted by atomic mass is 16.5. The number of nitrogens with zero attached hydrogens (tertiary/aromatic N) is 1. The predicted octanol–water partition coefficient (Wildman–Crippen LogP) is 1.68. The Bertz CT molecular complexity index is 692. The van der Waals surface area contributed by atoms with Crippen LogP contribution in [0.2, 0.25) is 0 Å². The van der Waals surface area contributed by atoms with Crippen molar-refractivity contribution in [2.75, 3.05) is 32.6 Å². The fourth-order valence-corrected chi connectivity index (χ4v) is 2.84. The van der Waals surface area contributed by atoms with Gasteiger partial charge >= 0.3 is 0 Å². The van der Waals surface area contributed by atoms with Crippen LogP contribution < -0.4 is 10.6 Å². The highest BCUT2D eigenvalue weighted by Gasteiger charge is 2.39. The normalized spacial score (nSPS) is 17.3. The maximum absolute atomic E-state index is 12.6. The number of anilines is 1. The lowest BCUT2D eigenvalue weighted by Crippen LogP contribution is -2.51. The van der Waals surface area contributed by atoms with E-state index in [1.54, 1.807) is 32.4 Å². The van der Waals surface area contributed by atoms with Gasteiger partial charge in [-0.25, -0.2) is 4.98 Å². The van der Waals surface area contributed by atoms with Crippen molar-refractivity contribution in [3.05, 3.63) is 24.1 Å². The van der Waals surface area contributed by atoms with Crippen LogP contribution in [-0.2, 0) is 20.9 Å². The Balaban J connectivity index is 1.78. The average molecular weight is 319 g/mol. The summed E-state index contributed by atoms with van der Waals surface area (Å²) in [5, 5.41) is 6.17. The molecule has 1 aromatic heterocycles. The lowest BCUT2D eigenvalue weighted by molar-refractivity contribution is -0.140. The molecule has 1 amide bonds. The molecule has 0 bridgehead atoms. The highest BCUT2D eigenvalue weighted by Crippen LogP contribution is 2.26. The van der Waals surface area contributed by atoms with E-state index in [9.17, 15) is 4.79 Å². The molecule has 1 saturated heterocycles. The number of aromatic nitrogens is 1. The molecule has 1 aromatic carbocycles. The third-order valence-electron chi connectivity index (χ3n) is 4.17. The molecule has 23 heavy (non-hydrogen) atoms. The Kier molecular flexibility index (Phi) is 4.61. The van der Waals surface area contributed by atoms with Gasteiger partial charge in [-0.1, -0.05) is 0 Å². The molecular formula is C16H21N3O4. The van der Waals surface area contributed by atoms with Gasteiger partial charge in [-0.2, -0.15) is 0 Å². The van der Waals surface area contributed by atoms with Crippen LogP contribution in [0.5, 0.6) is 0 Å². The molecule has 0 atom stereocenters. The summed E-state index contributed by atoms with van der Waals surface area (Å²) in [4.78, 5) is 17.0. The highest BCUT2D eigenvalue weighted by molar-refractivity contribution is 5.98. The lowest BCUT2D eigenvalue weighted by Gasteiger charge is -2.34. The fourth-order valence-electron chi connectivity index (χ4n) is 2.84. The van der Waals surface area contributed by atoms with Gasteiger partial charge in [-0.05, 0) is 44.1 Å². The van der Waals surface area contributed by atoms with Crippen LogP contribution >= 0.6 is 0 Å². The van der Waals surface area contributed by atoms with Crippen LogP contribution in [0.15, 0.2) is 22.6 Å². The third-order valence-corrected chi connectivity index (χ3v) is 4.17. The quantitative estimate of drug-likeness (QED) is 0.872. The summed E-state index contributed by atoms with van der Waals surface area (Å²) in [6.07, 6.45) is 1.30. The molecule has 124 valence electrons. The van der Waals surface area contributed by atoms with Crippen molar-refractivity contribution in [1.29, 1.82) is 0 Å². The molecule has 2 N–H and O–H groups in total. The van der Waals surface area contributed by atoms with Crippen molar-refractivity contribution < 1.29 is 18.7 Å². The number of oxazole rings is 1. The average Bonchev–Trinajstić information content (AvgIpc) is 2.97. The van der Waals surface area contributed by atoms with Gasteiger partial charge < -0.3 is 24.5 Å². The first-order valence-electron chi connectivity index (χ1n) is 7.62. The van der Waals surface area contributed by atoms with Crippen LogP contribution in [0.3, 0.4) is 0 Å². The van der Waals surface area contributed by atoms with E-state index in [0.717, 1.165) is 13.1 Å². The number of piperidine rings is 1. The number of carbonyl (C=O) groups is 1.